The summed E-state index contributed by atoms with van der Waals surface area (Å²) in [7, 11) is 1.64. The quantitative estimate of drug-likeness (QED) is 0.932. The minimum absolute atomic E-state index is 0.0503. The molecular weight excluding hydrogens is 318 g/mol. The number of carbonyl (C=O) groups is 1. The molecule has 0 radical (unpaired) electrons. The summed E-state index contributed by atoms with van der Waals surface area (Å²) >= 11 is 6.15. The first kappa shape index (κ1) is 16.1. The van der Waals surface area contributed by atoms with Gasteiger partial charge in [-0.1, -0.05) is 23.7 Å². The molecule has 122 valence electrons. The first-order valence-electron chi connectivity index (χ1n) is 7.45. The van der Waals surface area contributed by atoms with Gasteiger partial charge in [-0.05, 0) is 30.7 Å². The number of carbonyl (C=O) groups excluding carboxylic acids is 1. The Morgan fingerprint density at radius 2 is 2.13 bits per heavy atom. The molecule has 1 saturated heterocycles. The lowest BCUT2D eigenvalue weighted by Gasteiger charge is -2.30. The predicted molar refractivity (Wildman–Crippen MR) is 86.6 cm³/mol. The number of amides is 1. The van der Waals surface area contributed by atoms with Crippen molar-refractivity contribution in [3.8, 4) is 11.3 Å². The second-order valence-electron chi connectivity index (χ2n) is 5.36. The van der Waals surface area contributed by atoms with E-state index in [-0.39, 0.29) is 23.8 Å². The van der Waals surface area contributed by atoms with Crippen LogP contribution in [0.3, 0.4) is 0 Å². The van der Waals surface area contributed by atoms with Crippen LogP contribution in [0, 0.1) is 0 Å². The molecule has 1 aliphatic heterocycles. The molecule has 2 atom stereocenters. The van der Waals surface area contributed by atoms with Crippen molar-refractivity contribution in [1.29, 1.82) is 0 Å². The number of nitrogens with one attached hydrogen (secondary N) is 1. The number of furan rings is 1. The summed E-state index contributed by atoms with van der Waals surface area (Å²) in [5.41, 5.74) is 0.754. The maximum absolute atomic E-state index is 12.4. The van der Waals surface area contributed by atoms with Gasteiger partial charge in [0, 0.05) is 19.3 Å². The Balaban J connectivity index is 1.72. The Bertz CT molecular complexity index is 685. The van der Waals surface area contributed by atoms with E-state index in [9.17, 15) is 4.79 Å². The van der Waals surface area contributed by atoms with E-state index in [1.54, 1.807) is 25.3 Å². The minimum Gasteiger partial charge on any atom is -0.451 e. The van der Waals surface area contributed by atoms with Gasteiger partial charge in [0.2, 0.25) is 0 Å². The van der Waals surface area contributed by atoms with E-state index in [2.05, 4.69) is 5.32 Å². The zero-order valence-corrected chi connectivity index (χ0v) is 13.5. The minimum atomic E-state index is -0.291. The second kappa shape index (κ2) is 7.17. The van der Waals surface area contributed by atoms with Crippen molar-refractivity contribution in [3.63, 3.8) is 0 Å². The number of hydrogen-bond donors (Lipinski definition) is 1. The largest absolute Gasteiger partial charge is 0.451 e. The molecule has 2 aromatic rings. The molecule has 0 saturated carbocycles. The first-order valence-corrected chi connectivity index (χ1v) is 7.83. The average molecular weight is 336 g/mol. The number of ether oxygens (including phenoxy) is 2. The smallest absolute Gasteiger partial charge is 0.287 e. The van der Waals surface area contributed by atoms with Gasteiger partial charge in [-0.15, -0.1) is 0 Å². The van der Waals surface area contributed by atoms with Crippen molar-refractivity contribution < 1.29 is 18.7 Å². The van der Waals surface area contributed by atoms with Crippen molar-refractivity contribution >= 4 is 17.5 Å². The molecule has 1 N–H and O–H groups in total. The summed E-state index contributed by atoms with van der Waals surface area (Å²) in [5.74, 6) is 0.505. The number of methoxy groups -OCH3 is 1. The van der Waals surface area contributed by atoms with Crippen LogP contribution in [0.1, 0.15) is 17.0 Å². The Hall–Kier alpha value is -1.82. The van der Waals surface area contributed by atoms with E-state index in [1.807, 2.05) is 18.2 Å². The van der Waals surface area contributed by atoms with E-state index in [0.717, 1.165) is 12.0 Å². The Labute approximate surface area is 139 Å². The number of hydrogen-bond acceptors (Lipinski definition) is 4. The number of benzene rings is 1. The lowest BCUT2D eigenvalue weighted by atomic mass is 10.1. The standard InChI is InChI=1S/C17H18ClNO4/c1-21-15-8-9-22-10-13(15)19-17(20)16-7-6-14(23-16)11-4-2-3-5-12(11)18/h2-7,13,15H,8-10H2,1H3,(H,19,20)/t13-,15-/m1/s1. The molecule has 1 fully saturated rings. The third-order valence-electron chi connectivity index (χ3n) is 3.88. The van der Waals surface area contributed by atoms with Gasteiger partial charge < -0.3 is 19.2 Å². The Kier molecular flexibility index (Phi) is 5.00. The van der Waals surface area contributed by atoms with Crippen LogP contribution < -0.4 is 5.32 Å². The summed E-state index contributed by atoms with van der Waals surface area (Å²) in [6.45, 7) is 1.07. The number of rotatable bonds is 4. The van der Waals surface area contributed by atoms with Gasteiger partial charge in [-0.3, -0.25) is 4.79 Å². The van der Waals surface area contributed by atoms with Crippen LogP contribution in [-0.2, 0) is 9.47 Å². The van der Waals surface area contributed by atoms with Crippen LogP contribution in [-0.4, -0.2) is 38.4 Å². The van der Waals surface area contributed by atoms with Gasteiger partial charge in [0.05, 0.1) is 23.8 Å². The van der Waals surface area contributed by atoms with Crippen molar-refractivity contribution in [3.05, 3.63) is 47.2 Å². The molecule has 1 aromatic carbocycles. The van der Waals surface area contributed by atoms with E-state index < -0.39 is 0 Å². The Morgan fingerprint density at radius 1 is 1.30 bits per heavy atom. The molecule has 0 aliphatic carbocycles. The third-order valence-corrected chi connectivity index (χ3v) is 4.21. The lowest BCUT2D eigenvalue weighted by molar-refractivity contribution is -0.0351. The maximum atomic E-state index is 12.4. The van der Waals surface area contributed by atoms with Crippen LogP contribution in [0.4, 0.5) is 0 Å². The van der Waals surface area contributed by atoms with Crippen LogP contribution in [0.15, 0.2) is 40.8 Å². The van der Waals surface area contributed by atoms with Crippen LogP contribution in [0.25, 0.3) is 11.3 Å². The van der Waals surface area contributed by atoms with E-state index in [1.165, 1.54) is 0 Å². The molecule has 5 nitrogen and oxygen atoms in total. The zero-order chi connectivity index (χ0) is 16.2. The summed E-state index contributed by atoms with van der Waals surface area (Å²) in [5, 5.41) is 3.48. The molecule has 2 heterocycles. The summed E-state index contributed by atoms with van der Waals surface area (Å²) in [6, 6.07) is 10.5. The van der Waals surface area contributed by atoms with Crippen molar-refractivity contribution in [2.75, 3.05) is 20.3 Å². The van der Waals surface area contributed by atoms with E-state index in [0.29, 0.717) is 24.0 Å². The molecule has 0 unspecified atom stereocenters. The number of halogens is 1. The van der Waals surface area contributed by atoms with Crippen LogP contribution in [0.2, 0.25) is 5.02 Å². The SMILES string of the molecule is CO[C@@H]1CCOC[C@H]1NC(=O)c1ccc(-c2ccccc2Cl)o1. The van der Waals surface area contributed by atoms with Crippen LogP contribution in [0.5, 0.6) is 0 Å². The molecule has 0 bridgehead atoms. The first-order chi connectivity index (χ1) is 11.2. The highest BCUT2D eigenvalue weighted by Gasteiger charge is 2.28. The molecule has 23 heavy (non-hydrogen) atoms. The topological polar surface area (TPSA) is 60.7 Å². The molecule has 1 aliphatic rings. The molecule has 3 rings (SSSR count). The second-order valence-corrected chi connectivity index (χ2v) is 5.77. The lowest BCUT2D eigenvalue weighted by Crippen LogP contribution is -2.50. The highest BCUT2D eigenvalue weighted by molar-refractivity contribution is 6.33. The monoisotopic (exact) mass is 335 g/mol. The molecule has 6 heteroatoms. The third kappa shape index (κ3) is 3.58. The summed E-state index contributed by atoms with van der Waals surface area (Å²) < 4.78 is 16.4. The fourth-order valence-electron chi connectivity index (χ4n) is 2.64. The molecule has 0 spiro atoms. The summed E-state index contributed by atoms with van der Waals surface area (Å²) in [4.78, 5) is 12.4. The van der Waals surface area contributed by atoms with Crippen LogP contribution >= 0.6 is 11.6 Å². The van der Waals surface area contributed by atoms with Gasteiger partial charge in [0.15, 0.2) is 5.76 Å². The van der Waals surface area contributed by atoms with Gasteiger partial charge in [0.1, 0.15) is 5.76 Å². The summed E-state index contributed by atoms with van der Waals surface area (Å²) in [6.07, 6.45) is 0.704. The normalized spacial score (nSPS) is 21.1. The van der Waals surface area contributed by atoms with Gasteiger partial charge >= 0.3 is 0 Å². The van der Waals surface area contributed by atoms with E-state index >= 15 is 0 Å². The van der Waals surface area contributed by atoms with Gasteiger partial charge in [-0.2, -0.15) is 0 Å². The fraction of sp³-hybridized carbons (Fsp3) is 0.353. The highest BCUT2D eigenvalue weighted by Crippen LogP contribution is 2.29. The van der Waals surface area contributed by atoms with Gasteiger partial charge in [0.25, 0.3) is 5.91 Å². The van der Waals surface area contributed by atoms with Crippen molar-refractivity contribution in [2.24, 2.45) is 0 Å². The Morgan fingerprint density at radius 3 is 2.91 bits per heavy atom. The van der Waals surface area contributed by atoms with Gasteiger partial charge in [-0.25, -0.2) is 0 Å². The average Bonchev–Trinajstić information content (AvgIpc) is 3.05. The maximum Gasteiger partial charge on any atom is 0.287 e. The fourth-order valence-corrected chi connectivity index (χ4v) is 2.87. The van der Waals surface area contributed by atoms with E-state index in [4.69, 9.17) is 25.5 Å². The zero-order valence-electron chi connectivity index (χ0n) is 12.8. The molecular formula is C17H18ClNO4. The molecule has 1 aromatic heterocycles. The predicted octanol–water partition coefficient (Wildman–Crippen LogP) is 3.13. The molecule has 1 amide bonds. The highest BCUT2D eigenvalue weighted by atomic mass is 35.5. The van der Waals surface area contributed by atoms with Crippen molar-refractivity contribution in [1.82, 2.24) is 5.32 Å². The van der Waals surface area contributed by atoms with Crippen molar-refractivity contribution in [2.45, 2.75) is 18.6 Å².